The van der Waals surface area contributed by atoms with Gasteiger partial charge in [-0.15, -0.1) is 0 Å². The number of ketones is 2. The molecule has 1 rings (SSSR count). The Morgan fingerprint density at radius 3 is 2.61 bits per heavy atom. The van der Waals surface area contributed by atoms with Gasteiger partial charge in [0.05, 0.1) is 19.3 Å². The Morgan fingerprint density at radius 2 is 1.96 bits per heavy atom. The van der Waals surface area contributed by atoms with Gasteiger partial charge in [0.2, 0.25) is 0 Å². The van der Waals surface area contributed by atoms with Crippen molar-refractivity contribution in [3.8, 4) is 0 Å². The number of methoxy groups -OCH3 is 1. The molecule has 6 nitrogen and oxygen atoms in total. The summed E-state index contributed by atoms with van der Waals surface area (Å²) in [6, 6.07) is 0. The number of unbranched alkanes of at least 4 members (excludes halogenated alkanes) is 1. The summed E-state index contributed by atoms with van der Waals surface area (Å²) in [6.45, 7) is 4.20. The van der Waals surface area contributed by atoms with E-state index in [-0.39, 0.29) is 36.8 Å². The van der Waals surface area contributed by atoms with Crippen molar-refractivity contribution in [2.24, 2.45) is 17.8 Å². The molecule has 1 fully saturated rings. The molecule has 0 heterocycles. The lowest BCUT2D eigenvalue weighted by atomic mass is 9.87. The normalized spacial score (nSPS) is 24.5. The van der Waals surface area contributed by atoms with Gasteiger partial charge in [-0.1, -0.05) is 38.8 Å². The van der Waals surface area contributed by atoms with Crippen LogP contribution in [0.1, 0.15) is 71.6 Å². The summed E-state index contributed by atoms with van der Waals surface area (Å²) in [5, 5.41) is 20.4. The highest BCUT2D eigenvalue weighted by Gasteiger charge is 2.40. The van der Waals surface area contributed by atoms with Crippen LogP contribution in [0.15, 0.2) is 12.2 Å². The minimum absolute atomic E-state index is 0.0344. The van der Waals surface area contributed by atoms with Crippen molar-refractivity contribution in [3.63, 3.8) is 0 Å². The van der Waals surface area contributed by atoms with Crippen LogP contribution in [0.3, 0.4) is 0 Å². The molecule has 0 aliphatic heterocycles. The van der Waals surface area contributed by atoms with Gasteiger partial charge < -0.3 is 14.9 Å². The summed E-state index contributed by atoms with van der Waals surface area (Å²) >= 11 is 0. The first-order chi connectivity index (χ1) is 13.3. The lowest BCUT2D eigenvalue weighted by Crippen LogP contribution is -2.22. The molecule has 5 atom stereocenters. The molecular formula is C22H36O6. The summed E-state index contributed by atoms with van der Waals surface area (Å²) in [5.41, 5.74) is 0. The minimum Gasteiger partial charge on any atom is -0.469 e. The number of ether oxygens (including phenoxy) is 1. The van der Waals surface area contributed by atoms with Gasteiger partial charge in [-0.3, -0.25) is 14.4 Å². The average Bonchev–Trinajstić information content (AvgIpc) is 2.89. The molecule has 1 aliphatic carbocycles. The van der Waals surface area contributed by atoms with Crippen molar-refractivity contribution in [2.45, 2.75) is 83.8 Å². The summed E-state index contributed by atoms with van der Waals surface area (Å²) in [4.78, 5) is 35.5. The molecule has 0 aromatic rings. The standard InChI is InChI=1S/C22H36O6/c1-4-7-15(2)12-17(24)10-11-18-19(21(26)14-20(18)25)13-16(23)8-5-6-9-22(27)28-3/h10-11,15,17-20,24-25H,4-9,12-14H2,1-3H3/b11-10+/t15-,17+,18+,19+,20+/m0/s1. The molecule has 0 saturated heterocycles. The van der Waals surface area contributed by atoms with E-state index in [1.165, 1.54) is 7.11 Å². The number of carbonyl (C=O) groups is 3. The zero-order valence-corrected chi connectivity index (χ0v) is 17.4. The van der Waals surface area contributed by atoms with Crippen molar-refractivity contribution in [2.75, 3.05) is 7.11 Å². The minimum atomic E-state index is -0.805. The molecule has 6 heteroatoms. The Hall–Kier alpha value is -1.53. The van der Waals surface area contributed by atoms with Crippen LogP contribution in [-0.2, 0) is 19.1 Å². The second kappa shape index (κ2) is 12.8. The predicted molar refractivity (Wildman–Crippen MR) is 107 cm³/mol. The van der Waals surface area contributed by atoms with E-state index in [9.17, 15) is 24.6 Å². The van der Waals surface area contributed by atoms with Crippen LogP contribution in [0.4, 0.5) is 0 Å². The third-order valence-corrected chi connectivity index (χ3v) is 5.48. The summed E-state index contributed by atoms with van der Waals surface area (Å²) < 4.78 is 4.56. The third kappa shape index (κ3) is 8.65. The summed E-state index contributed by atoms with van der Waals surface area (Å²) in [7, 11) is 1.33. The second-order valence-electron chi connectivity index (χ2n) is 8.03. The van der Waals surface area contributed by atoms with E-state index in [2.05, 4.69) is 18.6 Å². The van der Waals surface area contributed by atoms with E-state index in [1.54, 1.807) is 12.2 Å². The number of hydrogen-bond donors (Lipinski definition) is 2. The van der Waals surface area contributed by atoms with E-state index >= 15 is 0 Å². The second-order valence-corrected chi connectivity index (χ2v) is 8.03. The number of esters is 1. The van der Waals surface area contributed by atoms with E-state index in [0.29, 0.717) is 31.6 Å². The van der Waals surface area contributed by atoms with Crippen LogP contribution in [0.5, 0.6) is 0 Å². The fourth-order valence-electron chi connectivity index (χ4n) is 3.89. The van der Waals surface area contributed by atoms with Crippen molar-refractivity contribution in [1.82, 2.24) is 0 Å². The van der Waals surface area contributed by atoms with Crippen molar-refractivity contribution < 1.29 is 29.3 Å². The van der Waals surface area contributed by atoms with Gasteiger partial charge in [-0.05, 0) is 25.2 Å². The van der Waals surface area contributed by atoms with Crippen LogP contribution in [-0.4, -0.2) is 47.1 Å². The highest BCUT2D eigenvalue weighted by atomic mass is 16.5. The van der Waals surface area contributed by atoms with Crippen molar-refractivity contribution >= 4 is 17.5 Å². The first-order valence-corrected chi connectivity index (χ1v) is 10.4. The Labute approximate surface area is 168 Å². The van der Waals surface area contributed by atoms with Gasteiger partial charge in [-0.2, -0.15) is 0 Å². The SMILES string of the molecule is CCC[C@H](C)C[C@H](O)/C=C/[C@H]1[C@H](O)CC(=O)[C@@H]1CC(=O)CCCCC(=O)OC. The molecule has 160 valence electrons. The Morgan fingerprint density at radius 1 is 1.29 bits per heavy atom. The molecule has 1 saturated carbocycles. The maximum Gasteiger partial charge on any atom is 0.305 e. The number of rotatable bonds is 13. The van der Waals surface area contributed by atoms with E-state index in [1.807, 2.05) is 0 Å². The number of hydrogen-bond acceptors (Lipinski definition) is 6. The molecule has 1 aliphatic rings. The van der Waals surface area contributed by atoms with E-state index < -0.39 is 24.0 Å². The first kappa shape index (κ1) is 24.5. The van der Waals surface area contributed by atoms with Crippen LogP contribution in [0.2, 0.25) is 0 Å². The van der Waals surface area contributed by atoms with Crippen molar-refractivity contribution in [3.05, 3.63) is 12.2 Å². The number of aliphatic hydroxyl groups is 2. The molecule has 0 amide bonds. The average molecular weight is 397 g/mol. The fraction of sp³-hybridized carbons (Fsp3) is 0.773. The zero-order valence-electron chi connectivity index (χ0n) is 17.4. The Kier molecular flexibility index (Phi) is 11.2. The molecule has 2 N–H and O–H groups in total. The van der Waals surface area contributed by atoms with Crippen molar-refractivity contribution in [1.29, 1.82) is 0 Å². The monoisotopic (exact) mass is 396 g/mol. The highest BCUT2D eigenvalue weighted by molar-refractivity contribution is 5.90. The molecule has 0 bridgehead atoms. The molecule has 0 radical (unpaired) electrons. The maximum atomic E-state index is 12.2. The van der Waals surface area contributed by atoms with Gasteiger partial charge in [0.15, 0.2) is 0 Å². The topological polar surface area (TPSA) is 101 Å². The fourth-order valence-corrected chi connectivity index (χ4v) is 3.89. The van der Waals surface area contributed by atoms with E-state index in [4.69, 9.17) is 0 Å². The lowest BCUT2D eigenvalue weighted by Gasteiger charge is -2.18. The summed E-state index contributed by atoms with van der Waals surface area (Å²) in [6.07, 6.45) is 6.61. The zero-order chi connectivity index (χ0) is 21.1. The first-order valence-electron chi connectivity index (χ1n) is 10.4. The lowest BCUT2D eigenvalue weighted by molar-refractivity contribution is -0.140. The van der Waals surface area contributed by atoms with Gasteiger partial charge in [-0.25, -0.2) is 0 Å². The van der Waals surface area contributed by atoms with Crippen LogP contribution >= 0.6 is 0 Å². The van der Waals surface area contributed by atoms with Crippen LogP contribution in [0.25, 0.3) is 0 Å². The molecule has 0 spiro atoms. The molecule has 0 aromatic carbocycles. The number of Topliss-reactive ketones (excluding diaryl/α,β-unsaturated/α-hetero) is 2. The largest absolute Gasteiger partial charge is 0.469 e. The number of aliphatic hydroxyl groups excluding tert-OH is 2. The summed E-state index contributed by atoms with van der Waals surface area (Å²) in [5.74, 6) is -0.977. The van der Waals surface area contributed by atoms with Gasteiger partial charge >= 0.3 is 5.97 Å². The van der Waals surface area contributed by atoms with Gasteiger partial charge in [0.1, 0.15) is 11.6 Å². The maximum absolute atomic E-state index is 12.2. The molecule has 28 heavy (non-hydrogen) atoms. The van der Waals surface area contributed by atoms with E-state index in [0.717, 1.165) is 12.8 Å². The molecular weight excluding hydrogens is 360 g/mol. The molecule has 0 aromatic heterocycles. The van der Waals surface area contributed by atoms with Gasteiger partial charge in [0.25, 0.3) is 0 Å². The Bertz CT molecular complexity index is 541. The third-order valence-electron chi connectivity index (χ3n) is 5.48. The highest BCUT2D eigenvalue weighted by Crippen LogP contribution is 2.33. The number of carbonyl (C=O) groups excluding carboxylic acids is 3. The molecule has 0 unspecified atom stereocenters. The quantitative estimate of drug-likeness (QED) is 0.282. The predicted octanol–water partition coefficient (Wildman–Crippen LogP) is 2.99. The smallest absolute Gasteiger partial charge is 0.305 e. The van der Waals surface area contributed by atoms with Gasteiger partial charge in [0, 0.05) is 37.5 Å². The van der Waals surface area contributed by atoms with Crippen LogP contribution in [0, 0.1) is 17.8 Å². The van der Waals surface area contributed by atoms with Crippen LogP contribution < -0.4 is 0 Å². The Balaban J connectivity index is 2.53.